The molecule has 3 saturated heterocycles. The third kappa shape index (κ3) is 9.46. The van der Waals surface area contributed by atoms with Crippen LogP contribution < -0.4 is 0 Å². The number of ketones is 1. The molecular formula is C40H69NO15. The minimum atomic E-state index is -1.83. The molecular weight excluding hydrogens is 734 g/mol. The highest BCUT2D eigenvalue weighted by Crippen LogP contribution is 2.51. The van der Waals surface area contributed by atoms with Crippen LogP contribution in [-0.4, -0.2) is 162 Å². The Morgan fingerprint density at radius 3 is 2.07 bits per heavy atom. The molecule has 1 saturated carbocycles. The lowest BCUT2D eigenvalue weighted by atomic mass is 9.75. The summed E-state index contributed by atoms with van der Waals surface area (Å²) >= 11 is 0. The minimum Gasteiger partial charge on any atom is -0.481 e. The van der Waals surface area contributed by atoms with E-state index >= 15 is 0 Å². The largest absolute Gasteiger partial charge is 0.481 e. The van der Waals surface area contributed by atoms with E-state index in [2.05, 4.69) is 0 Å². The van der Waals surface area contributed by atoms with Crippen molar-refractivity contribution in [3.05, 3.63) is 0 Å². The second kappa shape index (κ2) is 18.2. The van der Waals surface area contributed by atoms with Gasteiger partial charge in [0.05, 0.1) is 60.7 Å². The number of carbonyl (C=O) groups is 3. The SMILES string of the molecule is CO[C@]1(C)C[C@H](O[C@H]2[C@H](C)[C@@H](O[C@@H]3O[C@H](C)C[C@H](N(C)C)[C@H]3OCCC(=O)O)[C@@](C)(OC)C[C@@H](C)C(=O)C(C)[C@@H](O)[C@@]3(O)C(C)[C@H]3OC(=O)[C@@H]2C)O[C@@H](C)[C@@H]1O. The number of fused-ring (bicyclic) bond motifs is 1. The third-order valence-corrected chi connectivity index (χ3v) is 13.2. The number of aliphatic hydroxyl groups is 3. The average Bonchev–Trinajstić information content (AvgIpc) is 3.67. The molecule has 0 aromatic rings. The molecule has 324 valence electrons. The number of likely N-dealkylation sites (N-methyl/N-ethyl adjacent to an activating group) is 1. The van der Waals surface area contributed by atoms with E-state index in [1.54, 1.807) is 48.5 Å². The number of carboxylic acid groups (broad SMARTS) is 1. The summed E-state index contributed by atoms with van der Waals surface area (Å²) in [6.45, 7) is 15.5. The van der Waals surface area contributed by atoms with Crippen molar-refractivity contribution in [3.8, 4) is 0 Å². The van der Waals surface area contributed by atoms with E-state index in [0.29, 0.717) is 6.42 Å². The zero-order valence-corrected chi connectivity index (χ0v) is 35.5. The van der Waals surface area contributed by atoms with E-state index < -0.39 is 114 Å². The summed E-state index contributed by atoms with van der Waals surface area (Å²) in [5, 5.41) is 43.4. The molecule has 0 aromatic carbocycles. The van der Waals surface area contributed by atoms with Gasteiger partial charge in [-0.15, -0.1) is 0 Å². The molecule has 3 heterocycles. The number of Topliss-reactive ketones (excluding diaryl/α,β-unsaturated/α-hetero) is 1. The zero-order chi connectivity index (χ0) is 42.2. The van der Waals surface area contributed by atoms with Crippen molar-refractivity contribution in [3.63, 3.8) is 0 Å². The monoisotopic (exact) mass is 803 g/mol. The third-order valence-electron chi connectivity index (χ3n) is 13.2. The molecule has 16 nitrogen and oxygen atoms in total. The van der Waals surface area contributed by atoms with Crippen LogP contribution in [0.5, 0.6) is 0 Å². The number of nitrogens with zero attached hydrogens (tertiary/aromatic N) is 1. The molecule has 16 heteroatoms. The number of aliphatic hydroxyl groups excluding tert-OH is 2. The van der Waals surface area contributed by atoms with Crippen LogP contribution in [0.4, 0.5) is 0 Å². The van der Waals surface area contributed by atoms with E-state index in [1.807, 2.05) is 32.8 Å². The normalized spacial score (nSPS) is 48.2. The molecule has 2 unspecified atom stereocenters. The van der Waals surface area contributed by atoms with Gasteiger partial charge < -0.3 is 63.2 Å². The van der Waals surface area contributed by atoms with Crippen molar-refractivity contribution in [2.24, 2.45) is 29.6 Å². The molecule has 0 radical (unpaired) electrons. The van der Waals surface area contributed by atoms with Gasteiger partial charge in [-0.2, -0.15) is 0 Å². The molecule has 0 aromatic heterocycles. The Bertz CT molecular complexity index is 1370. The fraction of sp³-hybridized carbons (Fsp3) is 0.925. The van der Waals surface area contributed by atoms with Gasteiger partial charge in [-0.25, -0.2) is 0 Å². The first-order valence-electron chi connectivity index (χ1n) is 20.0. The van der Waals surface area contributed by atoms with Gasteiger partial charge in [0.2, 0.25) is 0 Å². The van der Waals surface area contributed by atoms with Crippen molar-refractivity contribution >= 4 is 17.7 Å². The van der Waals surface area contributed by atoms with Crippen molar-refractivity contribution in [1.29, 1.82) is 0 Å². The lowest BCUT2D eigenvalue weighted by Gasteiger charge is -2.50. The van der Waals surface area contributed by atoms with Crippen LogP contribution in [0.15, 0.2) is 0 Å². The highest BCUT2D eigenvalue weighted by molar-refractivity contribution is 5.84. The number of hydrogen-bond donors (Lipinski definition) is 4. The lowest BCUT2D eigenvalue weighted by molar-refractivity contribution is -0.322. The average molecular weight is 804 g/mol. The topological polar surface area (TPSA) is 209 Å². The fourth-order valence-corrected chi connectivity index (χ4v) is 9.27. The van der Waals surface area contributed by atoms with E-state index in [4.69, 9.17) is 37.9 Å². The highest BCUT2D eigenvalue weighted by Gasteiger charge is 2.70. The van der Waals surface area contributed by atoms with Gasteiger partial charge >= 0.3 is 11.9 Å². The lowest BCUT2D eigenvalue weighted by Crippen LogP contribution is -2.61. The molecule has 3 aliphatic heterocycles. The summed E-state index contributed by atoms with van der Waals surface area (Å²) in [6, 6.07) is -0.237. The number of ether oxygens (including phenoxy) is 8. The first-order valence-corrected chi connectivity index (χ1v) is 20.0. The van der Waals surface area contributed by atoms with E-state index in [1.165, 1.54) is 14.2 Å². The van der Waals surface area contributed by atoms with Gasteiger partial charge in [0.1, 0.15) is 29.7 Å². The quantitative estimate of drug-likeness (QED) is 0.221. The van der Waals surface area contributed by atoms with Crippen LogP contribution in [0.2, 0.25) is 0 Å². The number of rotatable bonds is 11. The number of aliphatic carboxylic acids is 1. The van der Waals surface area contributed by atoms with Gasteiger partial charge in [0, 0.05) is 50.4 Å². The van der Waals surface area contributed by atoms with Crippen LogP contribution in [0.25, 0.3) is 0 Å². The van der Waals surface area contributed by atoms with Gasteiger partial charge in [-0.1, -0.05) is 27.7 Å². The van der Waals surface area contributed by atoms with Crippen LogP contribution in [0, 0.1) is 29.6 Å². The summed E-state index contributed by atoms with van der Waals surface area (Å²) in [5.41, 5.74) is -4.18. The maximum absolute atomic E-state index is 14.2. The molecule has 4 fully saturated rings. The fourth-order valence-electron chi connectivity index (χ4n) is 9.27. The van der Waals surface area contributed by atoms with E-state index in [0.717, 1.165) is 0 Å². The summed E-state index contributed by atoms with van der Waals surface area (Å²) in [6.07, 6.45) is -8.85. The molecule has 4 aliphatic rings. The van der Waals surface area contributed by atoms with Crippen molar-refractivity contribution < 1.29 is 72.7 Å². The summed E-state index contributed by atoms with van der Waals surface area (Å²) < 4.78 is 50.7. The zero-order valence-electron chi connectivity index (χ0n) is 35.5. The predicted octanol–water partition coefficient (Wildman–Crippen LogP) is 2.16. The maximum Gasteiger partial charge on any atom is 0.311 e. The van der Waals surface area contributed by atoms with Crippen LogP contribution >= 0.6 is 0 Å². The molecule has 19 atom stereocenters. The Morgan fingerprint density at radius 2 is 1.50 bits per heavy atom. The van der Waals surface area contributed by atoms with E-state index in [9.17, 15) is 34.8 Å². The molecule has 0 spiro atoms. The Labute approximate surface area is 331 Å². The van der Waals surface area contributed by atoms with Crippen LogP contribution in [0.3, 0.4) is 0 Å². The van der Waals surface area contributed by atoms with Gasteiger partial charge in [0.15, 0.2) is 12.6 Å². The van der Waals surface area contributed by atoms with Crippen molar-refractivity contribution in [1.82, 2.24) is 4.90 Å². The number of carboxylic acids is 1. The number of carbonyl (C=O) groups excluding carboxylic acids is 2. The molecule has 0 amide bonds. The Morgan fingerprint density at radius 1 is 0.875 bits per heavy atom. The second-order valence-electron chi connectivity index (χ2n) is 17.6. The molecule has 1 aliphatic carbocycles. The summed E-state index contributed by atoms with van der Waals surface area (Å²) in [5.74, 6) is -6.20. The Hall–Kier alpha value is -1.83. The number of hydrogen-bond acceptors (Lipinski definition) is 15. The van der Waals surface area contributed by atoms with Gasteiger partial charge in [0.25, 0.3) is 0 Å². The second-order valence-corrected chi connectivity index (χ2v) is 17.6. The first kappa shape index (κ1) is 46.9. The Balaban J connectivity index is 1.85. The maximum atomic E-state index is 14.2. The molecule has 4 N–H and O–H groups in total. The smallest absolute Gasteiger partial charge is 0.311 e. The van der Waals surface area contributed by atoms with Crippen molar-refractivity contribution in [2.75, 3.05) is 34.9 Å². The highest BCUT2D eigenvalue weighted by atomic mass is 16.7. The molecule has 0 bridgehead atoms. The first-order chi connectivity index (χ1) is 26.0. The van der Waals surface area contributed by atoms with Gasteiger partial charge in [-0.05, 0) is 61.6 Å². The van der Waals surface area contributed by atoms with Gasteiger partial charge in [-0.3, -0.25) is 14.4 Å². The minimum absolute atomic E-state index is 0.0895. The number of methoxy groups -OCH3 is 2. The van der Waals surface area contributed by atoms with E-state index in [-0.39, 0.29) is 43.8 Å². The standard InChI is InChI=1S/C40H69NO15/c1-19-17-39(9,50-13)34(56-37-31(51-15-14-27(42)43)26(41(10)11)16-20(2)52-37)22(4)30(54-28-18-38(8,49-12)33(46)25(7)53-28)23(5)36(47)55-35-24(6)40(35,48)32(45)21(3)29(19)44/h19-26,28,30-35,37,45-46,48H,14-18H2,1-13H3,(H,42,43)/t19-,20-,21?,22+,23-,24?,25+,26+,28+,30+,31-,32-,33+,34-,35-,37+,38-,39+,40+/m1/s1. The molecule has 56 heavy (non-hydrogen) atoms. The number of esters is 1. The Kier molecular flexibility index (Phi) is 15.2. The molecule has 4 rings (SSSR count). The summed E-state index contributed by atoms with van der Waals surface area (Å²) in [7, 11) is 6.79. The van der Waals surface area contributed by atoms with Crippen LogP contribution in [0.1, 0.15) is 88.0 Å². The van der Waals surface area contributed by atoms with Crippen LogP contribution in [-0.2, 0) is 52.3 Å². The summed E-state index contributed by atoms with van der Waals surface area (Å²) in [4.78, 5) is 41.7. The van der Waals surface area contributed by atoms with Crippen molar-refractivity contribution in [2.45, 2.75) is 172 Å². The predicted molar refractivity (Wildman–Crippen MR) is 200 cm³/mol.